The quantitative estimate of drug-likeness (QED) is 0.177. The van der Waals surface area contributed by atoms with Crippen molar-refractivity contribution in [2.75, 3.05) is 0 Å². The second-order valence-electron chi connectivity index (χ2n) is 17.2. The summed E-state index contributed by atoms with van der Waals surface area (Å²) in [4.78, 5) is 16.5. The van der Waals surface area contributed by atoms with Crippen molar-refractivity contribution in [3.63, 3.8) is 0 Å². The summed E-state index contributed by atoms with van der Waals surface area (Å²) in [6, 6.07) is 71.5. The van der Waals surface area contributed by atoms with E-state index < -0.39 is 0 Å². The summed E-state index contributed by atoms with van der Waals surface area (Å²) in [5.74, 6) is 1.67. The fourth-order valence-electron chi connectivity index (χ4n) is 10.5. The van der Waals surface area contributed by atoms with Gasteiger partial charge in [-0.15, -0.1) is 11.3 Å². The number of hydrogen-bond acceptors (Lipinski definition) is 5. The normalized spacial score (nSPS) is 12.2. The third-order valence-electron chi connectivity index (χ3n) is 13.5. The minimum Gasteiger partial charge on any atom is -0.456 e. The molecule has 0 spiro atoms. The fourth-order valence-corrected chi connectivity index (χ4v) is 11.6. The van der Waals surface area contributed by atoms with Crippen molar-refractivity contribution in [3.8, 4) is 34.4 Å². The molecule has 15 aromatic rings. The molecule has 0 saturated carbocycles. The van der Waals surface area contributed by atoms with Crippen molar-refractivity contribution in [1.29, 1.82) is 0 Å². The Bertz CT molecular complexity index is 4500. The van der Waals surface area contributed by atoms with E-state index in [1.807, 2.05) is 0 Å². The van der Waals surface area contributed by atoms with Crippen LogP contribution in [0.15, 0.2) is 205 Å². The predicted octanol–water partition coefficient (Wildman–Crippen LogP) is 16.0. The Morgan fingerprint density at radius 1 is 0.348 bits per heavy atom. The highest BCUT2D eigenvalue weighted by Gasteiger charge is 2.24. The summed E-state index contributed by atoms with van der Waals surface area (Å²) in [6.45, 7) is 0. The number of furan rings is 1. The third kappa shape index (κ3) is 5.14. The molecule has 5 aromatic heterocycles. The maximum Gasteiger partial charge on any atom is 0.238 e. The van der Waals surface area contributed by atoms with Gasteiger partial charge in [0.15, 0.2) is 11.6 Å². The summed E-state index contributed by atoms with van der Waals surface area (Å²) in [7, 11) is 0. The second-order valence-corrected chi connectivity index (χ2v) is 18.3. The van der Waals surface area contributed by atoms with Gasteiger partial charge in [0, 0.05) is 63.6 Å². The molecule has 0 aliphatic rings. The highest BCUT2D eigenvalue weighted by atomic mass is 32.1. The van der Waals surface area contributed by atoms with Crippen LogP contribution in [0.5, 0.6) is 0 Å². The maximum atomic E-state index is 6.86. The van der Waals surface area contributed by atoms with Gasteiger partial charge in [0.05, 0.1) is 27.8 Å². The molecule has 10 aromatic carbocycles. The molecule has 0 unspecified atom stereocenters. The van der Waals surface area contributed by atoms with Crippen molar-refractivity contribution < 1.29 is 4.42 Å². The van der Waals surface area contributed by atoms with Crippen LogP contribution in [0, 0.1) is 0 Å². The van der Waals surface area contributed by atoms with Crippen LogP contribution in [-0.2, 0) is 0 Å². The molecule has 0 N–H and O–H groups in total. The zero-order valence-corrected chi connectivity index (χ0v) is 35.9. The number of nitrogens with zero attached hydrogens (tertiary/aromatic N) is 5. The van der Waals surface area contributed by atoms with E-state index in [0.717, 1.165) is 82.4 Å². The molecular weight excluding hydrogens is 827 g/mol. The average Bonchev–Trinajstić information content (AvgIpc) is 4.11. The zero-order chi connectivity index (χ0) is 43.0. The minimum absolute atomic E-state index is 0.540. The number of aromatic nitrogens is 5. The first-order valence-corrected chi connectivity index (χ1v) is 23.0. The molecule has 7 heteroatoms. The van der Waals surface area contributed by atoms with Crippen molar-refractivity contribution >= 4 is 119 Å². The van der Waals surface area contributed by atoms with E-state index in [0.29, 0.717) is 17.6 Å². The summed E-state index contributed by atoms with van der Waals surface area (Å²) in [5.41, 5.74) is 8.52. The molecule has 6 nitrogen and oxygen atoms in total. The van der Waals surface area contributed by atoms with E-state index >= 15 is 0 Å². The van der Waals surface area contributed by atoms with Crippen molar-refractivity contribution in [3.05, 3.63) is 200 Å². The summed E-state index contributed by atoms with van der Waals surface area (Å²) in [6.07, 6.45) is 0. The smallest absolute Gasteiger partial charge is 0.238 e. The monoisotopic (exact) mass is 859 g/mol. The van der Waals surface area contributed by atoms with Crippen LogP contribution >= 0.6 is 11.3 Å². The van der Waals surface area contributed by atoms with Gasteiger partial charge in [-0.1, -0.05) is 121 Å². The van der Waals surface area contributed by atoms with Crippen LogP contribution in [0.1, 0.15) is 0 Å². The average molecular weight is 860 g/mol. The SMILES string of the molecule is c1ccc2cc3c(cc2c1)oc1cc(-c2nc(-c4ccc5sc6ccccc6c5c4)nc(-n4c5ccccc5c5ccccc54)n2)c(-n2c4ccccc4c4cc5ccccc5cc42)cc13. The molecule has 0 atom stereocenters. The van der Waals surface area contributed by atoms with Gasteiger partial charge in [0.2, 0.25) is 5.95 Å². The lowest BCUT2D eigenvalue weighted by Gasteiger charge is -2.16. The van der Waals surface area contributed by atoms with Crippen molar-refractivity contribution in [1.82, 2.24) is 24.1 Å². The number of benzene rings is 10. The standard InChI is InChI=1S/C59H33N5OS/c1-3-15-36-30-51-43(27-34(36)13-1)41-19-7-9-21-48(41)63(51)52-32-45-44-28-35-14-2-4-16-37(35)31-53(44)65-54(45)33-47(52)58-60-57(38-25-26-56-46(29-38)42-20-8-12-24-55(42)66-56)61-59(62-58)64-49-22-10-5-17-39(49)40-18-6-11-23-50(40)64/h1-33H. The molecule has 0 saturated heterocycles. The molecular formula is C59H33N5OS. The number of fused-ring (bicyclic) bond motifs is 14. The van der Waals surface area contributed by atoms with Gasteiger partial charge in [0.25, 0.3) is 0 Å². The Balaban J connectivity index is 1.09. The van der Waals surface area contributed by atoms with E-state index in [4.69, 9.17) is 19.4 Å². The first kappa shape index (κ1) is 35.8. The summed E-state index contributed by atoms with van der Waals surface area (Å²) in [5, 5.41) is 13.8. The molecule has 0 aliphatic carbocycles. The third-order valence-corrected chi connectivity index (χ3v) is 14.7. The molecule has 0 fully saturated rings. The lowest BCUT2D eigenvalue weighted by Crippen LogP contribution is -2.08. The number of rotatable bonds is 4. The van der Waals surface area contributed by atoms with Gasteiger partial charge < -0.3 is 8.98 Å². The van der Waals surface area contributed by atoms with Crippen LogP contribution in [0.25, 0.3) is 142 Å². The highest BCUT2D eigenvalue weighted by molar-refractivity contribution is 7.25. The van der Waals surface area contributed by atoms with E-state index in [9.17, 15) is 0 Å². The van der Waals surface area contributed by atoms with E-state index in [1.54, 1.807) is 11.3 Å². The Morgan fingerprint density at radius 2 is 0.879 bits per heavy atom. The first-order valence-electron chi connectivity index (χ1n) is 22.2. The molecule has 0 bridgehead atoms. The minimum atomic E-state index is 0.540. The van der Waals surface area contributed by atoms with Gasteiger partial charge in [0.1, 0.15) is 11.2 Å². The Kier molecular flexibility index (Phi) is 7.28. The van der Waals surface area contributed by atoms with Crippen LogP contribution < -0.4 is 0 Å². The number of hydrogen-bond donors (Lipinski definition) is 0. The molecule has 306 valence electrons. The number of para-hydroxylation sites is 3. The predicted molar refractivity (Wildman–Crippen MR) is 275 cm³/mol. The van der Waals surface area contributed by atoms with E-state index in [2.05, 4.69) is 209 Å². The Morgan fingerprint density at radius 3 is 1.61 bits per heavy atom. The molecule has 0 aliphatic heterocycles. The summed E-state index contributed by atoms with van der Waals surface area (Å²) >= 11 is 1.81. The second kappa shape index (κ2) is 13.4. The lowest BCUT2D eigenvalue weighted by molar-refractivity contribution is 0.669. The molecule has 15 rings (SSSR count). The van der Waals surface area contributed by atoms with Gasteiger partial charge in [-0.3, -0.25) is 4.57 Å². The largest absolute Gasteiger partial charge is 0.456 e. The lowest BCUT2D eigenvalue weighted by atomic mass is 10.0. The van der Waals surface area contributed by atoms with Gasteiger partial charge >= 0.3 is 0 Å². The highest BCUT2D eigenvalue weighted by Crippen LogP contribution is 2.43. The maximum absolute atomic E-state index is 6.86. The fraction of sp³-hybridized carbons (Fsp3) is 0. The molecule has 5 heterocycles. The van der Waals surface area contributed by atoms with Gasteiger partial charge in [-0.25, -0.2) is 4.98 Å². The van der Waals surface area contributed by atoms with Crippen molar-refractivity contribution in [2.24, 2.45) is 0 Å². The van der Waals surface area contributed by atoms with Crippen molar-refractivity contribution in [2.45, 2.75) is 0 Å². The molecule has 0 radical (unpaired) electrons. The van der Waals surface area contributed by atoms with Crippen LogP contribution in [0.4, 0.5) is 0 Å². The first-order chi connectivity index (χ1) is 32.7. The summed E-state index contributed by atoms with van der Waals surface area (Å²) < 4.78 is 13.9. The van der Waals surface area contributed by atoms with E-state index in [1.165, 1.54) is 41.7 Å². The Labute approximate surface area is 379 Å². The van der Waals surface area contributed by atoms with Crippen LogP contribution in [0.3, 0.4) is 0 Å². The molecule has 0 amide bonds. The van der Waals surface area contributed by atoms with E-state index in [-0.39, 0.29) is 0 Å². The van der Waals surface area contributed by atoms with Gasteiger partial charge in [-0.05, 0) is 100 Å². The van der Waals surface area contributed by atoms with Crippen LogP contribution in [-0.4, -0.2) is 24.1 Å². The zero-order valence-electron chi connectivity index (χ0n) is 35.1. The van der Waals surface area contributed by atoms with Gasteiger partial charge in [-0.2, -0.15) is 9.97 Å². The topological polar surface area (TPSA) is 61.7 Å². The Hall–Kier alpha value is -8.65. The van der Waals surface area contributed by atoms with Crippen LogP contribution in [0.2, 0.25) is 0 Å². The molecule has 66 heavy (non-hydrogen) atoms. The number of thiophene rings is 1.